The Morgan fingerprint density at radius 2 is 1.89 bits per heavy atom. The fraction of sp³-hybridized carbons (Fsp3) is 0.357. The van der Waals surface area contributed by atoms with Crippen molar-refractivity contribution >= 4 is 5.78 Å². The first-order valence-electron chi connectivity index (χ1n) is 5.97. The van der Waals surface area contributed by atoms with Gasteiger partial charge in [0.25, 0.3) is 0 Å². The molecular formula is C14H23N2O3+. The second kappa shape index (κ2) is 7.43. The third-order valence-electron chi connectivity index (χ3n) is 2.73. The summed E-state index contributed by atoms with van der Waals surface area (Å²) in [6, 6.07) is 4.15. The second-order valence-corrected chi connectivity index (χ2v) is 4.77. The first kappa shape index (κ1) is 17.0. The van der Waals surface area contributed by atoms with Crippen molar-refractivity contribution in [2.75, 3.05) is 27.2 Å². The smallest absolute Gasteiger partial charge is 0.217 e. The highest BCUT2D eigenvalue weighted by Crippen LogP contribution is 2.25. The van der Waals surface area contributed by atoms with Crippen molar-refractivity contribution in [1.82, 2.24) is 0 Å². The van der Waals surface area contributed by atoms with E-state index in [1.807, 2.05) is 21.0 Å². The van der Waals surface area contributed by atoms with Gasteiger partial charge < -0.3 is 20.4 Å². The third-order valence-corrected chi connectivity index (χ3v) is 2.73. The highest BCUT2D eigenvalue weighted by Gasteiger charge is 2.19. The topological polar surface area (TPSA) is 83.6 Å². The molecule has 0 aliphatic rings. The number of likely N-dealkylation sites (N-methyl/N-ethyl adjacent to an activating group) is 1. The van der Waals surface area contributed by atoms with E-state index in [2.05, 4.69) is 12.3 Å². The van der Waals surface area contributed by atoms with E-state index in [9.17, 15) is 9.90 Å². The summed E-state index contributed by atoms with van der Waals surface area (Å²) in [5.74, 6) is -0.504. The summed E-state index contributed by atoms with van der Waals surface area (Å²) < 4.78 is 0.598. The number of hydrogen-bond donors (Lipinski definition) is 3. The number of carbonyl (C=O) groups is 1. The number of nitrogens with zero attached hydrogens (tertiary/aromatic N) is 1. The third kappa shape index (κ3) is 5.92. The minimum Gasteiger partial charge on any atom is -0.504 e. The number of Topliss-reactive ketones (excluding diaryl/α,β-unsaturated/α-hetero) is 1. The Morgan fingerprint density at radius 3 is 2.32 bits per heavy atom. The lowest BCUT2D eigenvalue weighted by Gasteiger charge is -2.27. The number of carbonyl (C=O) groups excluding carboxylic acids is 1. The molecule has 0 heterocycles. The zero-order valence-electron chi connectivity index (χ0n) is 11.8. The van der Waals surface area contributed by atoms with Gasteiger partial charge in [0.2, 0.25) is 5.78 Å². The van der Waals surface area contributed by atoms with Crippen molar-refractivity contribution < 1.29 is 19.5 Å². The Balaban J connectivity index is 0.000000982. The quantitative estimate of drug-likeness (QED) is 0.438. The van der Waals surface area contributed by atoms with Crippen molar-refractivity contribution in [1.29, 1.82) is 0 Å². The predicted molar refractivity (Wildman–Crippen MR) is 76.0 cm³/mol. The van der Waals surface area contributed by atoms with E-state index < -0.39 is 0 Å². The fourth-order valence-electron chi connectivity index (χ4n) is 1.29. The van der Waals surface area contributed by atoms with E-state index >= 15 is 0 Å². The van der Waals surface area contributed by atoms with Crippen molar-refractivity contribution in [3.63, 3.8) is 0 Å². The first-order chi connectivity index (χ1) is 8.77. The Bertz CT molecular complexity index is 442. The number of benzene rings is 1. The van der Waals surface area contributed by atoms with Gasteiger partial charge in [-0.3, -0.25) is 4.79 Å². The molecule has 0 radical (unpaired) electrons. The van der Waals surface area contributed by atoms with Crippen LogP contribution >= 0.6 is 0 Å². The highest BCUT2D eigenvalue weighted by molar-refractivity contribution is 5.97. The van der Waals surface area contributed by atoms with Crippen molar-refractivity contribution in [2.45, 2.75) is 6.92 Å². The number of hydrogen-bond acceptors (Lipinski definition) is 4. The number of rotatable bonds is 4. The van der Waals surface area contributed by atoms with Crippen LogP contribution in [0.2, 0.25) is 0 Å². The summed E-state index contributed by atoms with van der Waals surface area (Å²) in [7, 11) is 3.94. The average Bonchev–Trinajstić information content (AvgIpc) is 2.33. The van der Waals surface area contributed by atoms with Gasteiger partial charge in [-0.1, -0.05) is 6.58 Å². The van der Waals surface area contributed by atoms with Gasteiger partial charge in [-0.2, -0.15) is 0 Å². The monoisotopic (exact) mass is 267 g/mol. The molecular weight excluding hydrogens is 244 g/mol. The normalized spacial score (nSPS) is 10.3. The van der Waals surface area contributed by atoms with Gasteiger partial charge in [0.05, 0.1) is 20.6 Å². The van der Waals surface area contributed by atoms with Crippen LogP contribution in [0, 0.1) is 0 Å². The number of quaternary nitrogens is 1. The molecule has 0 saturated carbocycles. The zero-order valence-corrected chi connectivity index (χ0v) is 11.8. The van der Waals surface area contributed by atoms with E-state index in [0.717, 1.165) is 6.54 Å². The highest BCUT2D eigenvalue weighted by atomic mass is 16.3. The Morgan fingerprint density at radius 1 is 1.37 bits per heavy atom. The maximum atomic E-state index is 11.9. The molecule has 0 atom stereocenters. The molecule has 0 aliphatic heterocycles. The molecule has 5 heteroatoms. The van der Waals surface area contributed by atoms with E-state index in [-0.39, 0.29) is 17.3 Å². The maximum Gasteiger partial charge on any atom is 0.217 e. The molecule has 0 amide bonds. The van der Waals surface area contributed by atoms with Crippen LogP contribution in [0.15, 0.2) is 31.0 Å². The van der Waals surface area contributed by atoms with Crippen LogP contribution in [-0.2, 0) is 0 Å². The molecule has 0 aliphatic carbocycles. The molecule has 1 aromatic carbocycles. The SMILES string of the molecule is C=CN.CC[N+](C)(C)CC(=O)c1ccc(O)c(O)c1. The summed E-state index contributed by atoms with van der Waals surface area (Å²) >= 11 is 0. The van der Waals surface area contributed by atoms with E-state index in [1.54, 1.807) is 0 Å². The summed E-state index contributed by atoms with van der Waals surface area (Å²) in [6.45, 7) is 6.39. The van der Waals surface area contributed by atoms with Gasteiger partial charge in [0, 0.05) is 5.56 Å². The molecule has 19 heavy (non-hydrogen) atoms. The van der Waals surface area contributed by atoms with Crippen LogP contribution in [0.4, 0.5) is 0 Å². The van der Waals surface area contributed by atoms with Crippen LogP contribution in [0.25, 0.3) is 0 Å². The molecule has 0 spiro atoms. The molecule has 106 valence electrons. The van der Waals surface area contributed by atoms with Gasteiger partial charge in [0.15, 0.2) is 11.5 Å². The molecule has 1 aromatic rings. The number of phenolic OH excluding ortho intramolecular Hbond substituents is 2. The number of ketones is 1. The Kier molecular flexibility index (Phi) is 6.64. The molecule has 0 unspecified atom stereocenters. The summed E-state index contributed by atoms with van der Waals surface area (Å²) in [5.41, 5.74) is 5.04. The van der Waals surface area contributed by atoms with Crippen LogP contribution in [0.3, 0.4) is 0 Å². The van der Waals surface area contributed by atoms with Gasteiger partial charge >= 0.3 is 0 Å². The number of nitrogens with two attached hydrogens (primary N) is 1. The van der Waals surface area contributed by atoms with Crippen LogP contribution in [0.5, 0.6) is 11.5 Å². The minimum atomic E-state index is -0.257. The fourth-order valence-corrected chi connectivity index (χ4v) is 1.29. The summed E-state index contributed by atoms with van der Waals surface area (Å²) in [6.07, 6.45) is 1.25. The number of aromatic hydroxyl groups is 2. The minimum absolute atomic E-state index is 0.0397. The molecule has 1 rings (SSSR count). The van der Waals surface area contributed by atoms with Crippen LogP contribution in [-0.4, -0.2) is 47.7 Å². The Labute approximate surface area is 114 Å². The second-order valence-electron chi connectivity index (χ2n) is 4.77. The van der Waals surface area contributed by atoms with Gasteiger partial charge in [0.1, 0.15) is 6.54 Å². The predicted octanol–water partition coefficient (Wildman–Crippen LogP) is 1.47. The Hall–Kier alpha value is -2.01. The average molecular weight is 267 g/mol. The molecule has 0 aromatic heterocycles. The van der Waals surface area contributed by atoms with Crippen LogP contribution in [0.1, 0.15) is 17.3 Å². The maximum absolute atomic E-state index is 11.9. The van der Waals surface area contributed by atoms with Gasteiger partial charge in [-0.15, -0.1) is 0 Å². The molecule has 0 saturated heterocycles. The molecule has 4 N–H and O–H groups in total. The van der Waals surface area contributed by atoms with Gasteiger partial charge in [-0.05, 0) is 31.3 Å². The molecule has 0 fully saturated rings. The van der Waals surface area contributed by atoms with E-state index in [4.69, 9.17) is 5.11 Å². The molecule has 0 bridgehead atoms. The largest absolute Gasteiger partial charge is 0.504 e. The first-order valence-corrected chi connectivity index (χ1v) is 5.97. The van der Waals surface area contributed by atoms with E-state index in [0.29, 0.717) is 16.6 Å². The standard InChI is InChI=1S/C12H17NO3.C2H5N/c1-4-13(2,3)8-12(16)9-5-6-10(14)11(15)7-9;1-2-3/h5-7H,4,8H2,1-3H3,(H-,14,15,16);2H,1,3H2/p+1. The lowest BCUT2D eigenvalue weighted by Crippen LogP contribution is -2.43. The number of phenols is 2. The van der Waals surface area contributed by atoms with Crippen LogP contribution < -0.4 is 5.73 Å². The lowest BCUT2D eigenvalue weighted by atomic mass is 10.1. The molecule has 5 nitrogen and oxygen atoms in total. The van der Waals surface area contributed by atoms with Crippen molar-refractivity contribution in [3.8, 4) is 11.5 Å². The zero-order chi connectivity index (χ0) is 15.1. The van der Waals surface area contributed by atoms with E-state index in [1.165, 1.54) is 24.4 Å². The van der Waals surface area contributed by atoms with Crippen molar-refractivity contribution in [2.24, 2.45) is 5.73 Å². The summed E-state index contributed by atoms with van der Waals surface area (Å²) in [4.78, 5) is 11.9. The summed E-state index contributed by atoms with van der Waals surface area (Å²) in [5, 5.41) is 18.4. The lowest BCUT2D eigenvalue weighted by molar-refractivity contribution is -0.880. The van der Waals surface area contributed by atoms with Crippen molar-refractivity contribution in [3.05, 3.63) is 36.5 Å². The van der Waals surface area contributed by atoms with Gasteiger partial charge in [-0.25, -0.2) is 0 Å².